The van der Waals surface area contributed by atoms with Crippen LogP contribution in [0, 0.1) is 25.7 Å². The lowest BCUT2D eigenvalue weighted by Gasteiger charge is -2.45. The Morgan fingerprint density at radius 1 is 0.658 bits per heavy atom. The van der Waals surface area contributed by atoms with E-state index in [1.165, 1.54) is 4.90 Å². The summed E-state index contributed by atoms with van der Waals surface area (Å²) in [6.07, 6.45) is 0. The summed E-state index contributed by atoms with van der Waals surface area (Å²) in [5.74, 6) is -1.88. The summed E-state index contributed by atoms with van der Waals surface area (Å²) in [5, 5.41) is 3.01. The number of hydrogen-bond acceptors (Lipinski definition) is 3. The van der Waals surface area contributed by atoms with Gasteiger partial charge in [0, 0.05) is 23.1 Å². The molecule has 186 valence electrons. The van der Waals surface area contributed by atoms with Gasteiger partial charge >= 0.3 is 0 Å². The summed E-state index contributed by atoms with van der Waals surface area (Å²) in [7, 11) is 0. The molecule has 1 N–H and O–H groups in total. The number of nitrogens with zero attached hydrogens (tertiary/aromatic N) is 1. The van der Waals surface area contributed by atoms with Gasteiger partial charge < -0.3 is 5.32 Å². The molecule has 5 heteroatoms. The van der Waals surface area contributed by atoms with Gasteiger partial charge in [-0.05, 0) is 65.4 Å². The molecule has 1 fully saturated rings. The standard InChI is InChI=1S/C33H26N2O3/c1-18-9-7-10-19(2)30(18)34-31(36)20-11-8-12-21(17-20)35-32(37)28-26-22-13-3-4-14-23(22)27(29(28)33(35)38)25-16-6-5-15-24(25)26/h3-17,26-29H,1-2H3,(H,34,36)/t26?,27?,28-,29-/m0/s1. The van der Waals surface area contributed by atoms with E-state index in [1.807, 2.05) is 56.3 Å². The molecule has 5 nitrogen and oxygen atoms in total. The molecular formula is C33H26N2O3. The van der Waals surface area contributed by atoms with Crippen molar-refractivity contribution < 1.29 is 14.4 Å². The van der Waals surface area contributed by atoms with Crippen molar-refractivity contribution in [2.24, 2.45) is 11.8 Å². The molecule has 0 saturated carbocycles. The van der Waals surface area contributed by atoms with Crippen molar-refractivity contribution in [3.63, 3.8) is 0 Å². The number of para-hydroxylation sites is 1. The lowest BCUT2D eigenvalue weighted by molar-refractivity contribution is -0.122. The highest BCUT2D eigenvalue weighted by atomic mass is 16.2. The van der Waals surface area contributed by atoms with Crippen molar-refractivity contribution in [1.82, 2.24) is 0 Å². The summed E-state index contributed by atoms with van der Waals surface area (Å²) in [4.78, 5) is 42.6. The summed E-state index contributed by atoms with van der Waals surface area (Å²) in [6.45, 7) is 3.90. The molecule has 3 aliphatic carbocycles. The summed E-state index contributed by atoms with van der Waals surface area (Å²) in [5.41, 5.74) is 8.12. The summed E-state index contributed by atoms with van der Waals surface area (Å²) >= 11 is 0. The Morgan fingerprint density at radius 2 is 1.13 bits per heavy atom. The first-order valence-electron chi connectivity index (χ1n) is 13.0. The van der Waals surface area contributed by atoms with Crippen molar-refractivity contribution in [2.75, 3.05) is 10.2 Å². The van der Waals surface area contributed by atoms with E-state index < -0.39 is 11.8 Å². The average molecular weight is 499 g/mol. The fourth-order valence-electron chi connectivity index (χ4n) is 6.92. The van der Waals surface area contributed by atoms with Gasteiger partial charge in [-0.2, -0.15) is 0 Å². The minimum absolute atomic E-state index is 0.158. The van der Waals surface area contributed by atoms with Gasteiger partial charge in [-0.1, -0.05) is 72.8 Å². The third-order valence-corrected chi connectivity index (χ3v) is 8.53. The van der Waals surface area contributed by atoms with Gasteiger partial charge in [0.25, 0.3) is 5.91 Å². The molecule has 38 heavy (non-hydrogen) atoms. The molecule has 3 amide bonds. The van der Waals surface area contributed by atoms with Crippen LogP contribution in [0.5, 0.6) is 0 Å². The number of rotatable bonds is 3. The largest absolute Gasteiger partial charge is 0.322 e. The zero-order chi connectivity index (χ0) is 26.1. The zero-order valence-electron chi connectivity index (χ0n) is 21.1. The predicted octanol–water partition coefficient (Wildman–Crippen LogP) is 5.95. The number of anilines is 2. The second-order valence-electron chi connectivity index (χ2n) is 10.5. The fraction of sp³-hybridized carbons (Fsp3) is 0.182. The van der Waals surface area contributed by atoms with Gasteiger partial charge in [0.2, 0.25) is 11.8 Å². The first-order chi connectivity index (χ1) is 18.5. The lowest BCUT2D eigenvalue weighted by atomic mass is 9.55. The van der Waals surface area contributed by atoms with E-state index in [4.69, 9.17) is 0 Å². The Kier molecular flexibility index (Phi) is 4.92. The van der Waals surface area contributed by atoms with Crippen LogP contribution in [-0.4, -0.2) is 17.7 Å². The van der Waals surface area contributed by atoms with Crippen LogP contribution in [0.25, 0.3) is 0 Å². The van der Waals surface area contributed by atoms with Crippen LogP contribution in [-0.2, 0) is 9.59 Å². The van der Waals surface area contributed by atoms with E-state index in [0.717, 1.165) is 39.1 Å². The minimum Gasteiger partial charge on any atom is -0.322 e. The highest BCUT2D eigenvalue weighted by Crippen LogP contribution is 2.61. The molecule has 0 aromatic heterocycles. The Bertz CT molecular complexity index is 1540. The van der Waals surface area contributed by atoms with Gasteiger partial charge in [0.1, 0.15) is 0 Å². The number of aryl methyl sites for hydroxylation is 2. The van der Waals surface area contributed by atoms with Crippen molar-refractivity contribution in [2.45, 2.75) is 25.7 Å². The quantitative estimate of drug-likeness (QED) is 0.355. The van der Waals surface area contributed by atoms with Gasteiger partial charge in [-0.3, -0.25) is 14.4 Å². The molecule has 1 heterocycles. The van der Waals surface area contributed by atoms with Gasteiger partial charge in [-0.15, -0.1) is 0 Å². The molecule has 8 rings (SSSR count). The smallest absolute Gasteiger partial charge is 0.255 e. The topological polar surface area (TPSA) is 66.5 Å². The Morgan fingerprint density at radius 3 is 1.63 bits per heavy atom. The van der Waals surface area contributed by atoms with Crippen molar-refractivity contribution in [1.29, 1.82) is 0 Å². The van der Waals surface area contributed by atoms with Crippen LogP contribution in [0.1, 0.15) is 55.6 Å². The number of hydrogen-bond donors (Lipinski definition) is 1. The second kappa shape index (κ2) is 8.25. The third kappa shape index (κ3) is 3.08. The molecule has 4 aromatic carbocycles. The van der Waals surface area contributed by atoms with Gasteiger partial charge in [0.15, 0.2) is 0 Å². The first kappa shape index (κ1) is 22.7. The van der Waals surface area contributed by atoms with Crippen LogP contribution in [0.15, 0.2) is 91.0 Å². The predicted molar refractivity (Wildman–Crippen MR) is 146 cm³/mol. The Balaban J connectivity index is 1.27. The molecule has 0 unspecified atom stereocenters. The first-order valence-corrected chi connectivity index (χ1v) is 13.0. The van der Waals surface area contributed by atoms with Crippen molar-refractivity contribution in [3.8, 4) is 0 Å². The Labute approximate surface area is 221 Å². The monoisotopic (exact) mass is 498 g/mol. The maximum atomic E-state index is 14.0. The van der Waals surface area contributed by atoms with Crippen LogP contribution in [0.3, 0.4) is 0 Å². The molecule has 2 bridgehead atoms. The van der Waals surface area contributed by atoms with E-state index in [0.29, 0.717) is 11.3 Å². The molecule has 0 radical (unpaired) electrons. The number of imide groups is 1. The number of carbonyl (C=O) groups excluding carboxylic acids is 3. The van der Waals surface area contributed by atoms with Crippen LogP contribution in [0.2, 0.25) is 0 Å². The third-order valence-electron chi connectivity index (χ3n) is 8.53. The fourth-order valence-corrected chi connectivity index (χ4v) is 6.92. The van der Waals surface area contributed by atoms with E-state index in [9.17, 15) is 14.4 Å². The Hall–Kier alpha value is -4.51. The summed E-state index contributed by atoms with van der Waals surface area (Å²) in [6, 6.07) is 29.1. The normalized spacial score (nSPS) is 22.6. The van der Waals surface area contributed by atoms with Crippen LogP contribution < -0.4 is 10.2 Å². The highest BCUT2D eigenvalue weighted by molar-refractivity contribution is 6.23. The molecule has 1 saturated heterocycles. The van der Waals surface area contributed by atoms with E-state index in [1.54, 1.807) is 24.3 Å². The van der Waals surface area contributed by atoms with E-state index in [2.05, 4.69) is 29.6 Å². The molecule has 4 aromatic rings. The van der Waals surface area contributed by atoms with Gasteiger partial charge in [-0.25, -0.2) is 4.90 Å². The lowest BCUT2D eigenvalue weighted by Crippen LogP contribution is -2.41. The summed E-state index contributed by atoms with van der Waals surface area (Å²) < 4.78 is 0. The zero-order valence-corrected chi connectivity index (χ0v) is 21.1. The van der Waals surface area contributed by atoms with Crippen LogP contribution in [0.4, 0.5) is 11.4 Å². The maximum Gasteiger partial charge on any atom is 0.255 e. The van der Waals surface area contributed by atoms with E-state index in [-0.39, 0.29) is 29.6 Å². The highest BCUT2D eigenvalue weighted by Gasteiger charge is 2.61. The number of amides is 3. The molecule has 2 atom stereocenters. The van der Waals surface area contributed by atoms with E-state index >= 15 is 0 Å². The maximum absolute atomic E-state index is 14.0. The van der Waals surface area contributed by atoms with Crippen molar-refractivity contribution in [3.05, 3.63) is 130 Å². The average Bonchev–Trinajstić information content (AvgIpc) is 3.21. The number of carbonyl (C=O) groups is 3. The number of nitrogens with one attached hydrogen (secondary N) is 1. The number of benzene rings is 4. The molecule has 4 aliphatic rings. The SMILES string of the molecule is Cc1cccc(C)c1NC(=O)c1cccc(N2C(=O)[C@H]3C4c5ccccc5C(c5ccccc54)[C@@H]3C2=O)c1. The molecule has 1 aliphatic heterocycles. The minimum atomic E-state index is -0.454. The molecular weight excluding hydrogens is 472 g/mol. The van der Waals surface area contributed by atoms with Gasteiger partial charge in [0.05, 0.1) is 17.5 Å². The second-order valence-corrected chi connectivity index (χ2v) is 10.5. The van der Waals surface area contributed by atoms with Crippen LogP contribution >= 0.6 is 0 Å². The van der Waals surface area contributed by atoms with Crippen molar-refractivity contribution >= 4 is 29.1 Å². The molecule has 0 spiro atoms.